The Morgan fingerprint density at radius 2 is 1.17 bits per heavy atom. The molecule has 0 amide bonds. The van der Waals surface area contributed by atoms with Crippen molar-refractivity contribution in [1.29, 1.82) is 5.26 Å². The van der Waals surface area contributed by atoms with Crippen LogP contribution in [0, 0.1) is 11.3 Å². The molecule has 0 atom stereocenters. The van der Waals surface area contributed by atoms with Crippen molar-refractivity contribution in [1.82, 2.24) is 0 Å². The van der Waals surface area contributed by atoms with Gasteiger partial charge in [0.05, 0.1) is 31.1 Å². The predicted octanol–water partition coefficient (Wildman–Crippen LogP) is 7.28. The summed E-state index contributed by atoms with van der Waals surface area (Å²) in [6.45, 7) is 5.13. The number of ether oxygens (including phenoxy) is 2. The van der Waals surface area contributed by atoms with Crippen LogP contribution in [-0.2, 0) is 4.74 Å². The second-order valence-corrected chi connectivity index (χ2v) is 7.28. The summed E-state index contributed by atoms with van der Waals surface area (Å²) in [5, 5.41) is 8.88. The highest BCUT2D eigenvalue weighted by Crippen LogP contribution is 2.23. The van der Waals surface area contributed by atoms with Gasteiger partial charge in [0.2, 0.25) is 0 Å². The summed E-state index contributed by atoms with van der Waals surface area (Å²) < 4.78 is 11.0. The van der Waals surface area contributed by atoms with Crippen molar-refractivity contribution in [3.8, 4) is 22.9 Å². The van der Waals surface area contributed by atoms with Gasteiger partial charge in [-0.1, -0.05) is 75.8 Å². The maximum atomic E-state index is 8.88. The van der Waals surface area contributed by atoms with Crippen molar-refractivity contribution < 1.29 is 9.47 Å². The minimum absolute atomic E-state index is 0.683. The third-order valence-electron chi connectivity index (χ3n) is 4.99. The van der Waals surface area contributed by atoms with Crippen LogP contribution in [0.2, 0.25) is 0 Å². The van der Waals surface area contributed by atoms with E-state index in [0.29, 0.717) is 5.56 Å². The molecule has 0 fully saturated rings. The van der Waals surface area contributed by atoms with Gasteiger partial charge in [0.1, 0.15) is 5.75 Å². The molecule has 0 aliphatic carbocycles. The number of rotatable bonds is 15. The van der Waals surface area contributed by atoms with Gasteiger partial charge in [0.25, 0.3) is 0 Å². The van der Waals surface area contributed by atoms with Gasteiger partial charge in [-0.2, -0.15) is 5.26 Å². The molecule has 0 spiro atoms. The molecular weight excluding hydrogens is 358 g/mol. The molecule has 0 aromatic heterocycles. The molecule has 0 N–H and O–H groups in total. The van der Waals surface area contributed by atoms with Gasteiger partial charge in [0, 0.05) is 0 Å². The van der Waals surface area contributed by atoms with Crippen LogP contribution in [0.4, 0.5) is 0 Å². The second-order valence-electron chi connectivity index (χ2n) is 7.28. The van der Waals surface area contributed by atoms with E-state index in [1.54, 1.807) is 0 Å². The quantitative estimate of drug-likeness (QED) is 0.237. The first kappa shape index (κ1) is 22.6. The molecule has 154 valence electrons. The molecule has 2 aromatic carbocycles. The lowest BCUT2D eigenvalue weighted by Gasteiger charge is -2.08. The molecule has 0 saturated heterocycles. The largest absolute Gasteiger partial charge is 0.502 e. The molecule has 0 saturated carbocycles. The summed E-state index contributed by atoms with van der Waals surface area (Å²) in [5.41, 5.74) is 2.93. The molecule has 0 heterocycles. The molecule has 3 heteroatoms. The van der Waals surface area contributed by atoms with Crippen LogP contribution in [0.15, 0.2) is 61.4 Å². The molecule has 0 aliphatic heterocycles. The van der Waals surface area contributed by atoms with Gasteiger partial charge in [0.15, 0.2) is 0 Å². The van der Waals surface area contributed by atoms with E-state index in [2.05, 4.69) is 24.8 Å². The maximum Gasteiger partial charge on any atom is 0.119 e. The van der Waals surface area contributed by atoms with E-state index in [9.17, 15) is 0 Å². The lowest BCUT2D eigenvalue weighted by molar-refractivity contribution is 0.241. The van der Waals surface area contributed by atoms with E-state index in [0.717, 1.165) is 42.9 Å². The van der Waals surface area contributed by atoms with Crippen LogP contribution in [0.25, 0.3) is 11.1 Å². The van der Waals surface area contributed by atoms with E-state index in [4.69, 9.17) is 14.7 Å². The van der Waals surface area contributed by atoms with Crippen molar-refractivity contribution >= 4 is 0 Å². The van der Waals surface area contributed by atoms with E-state index < -0.39 is 0 Å². The Morgan fingerprint density at radius 3 is 1.69 bits per heavy atom. The Kier molecular flexibility index (Phi) is 11.1. The molecule has 29 heavy (non-hydrogen) atoms. The summed E-state index contributed by atoms with van der Waals surface area (Å²) in [7, 11) is 0. The highest BCUT2D eigenvalue weighted by atomic mass is 16.5. The SMILES string of the molecule is C=COCCCCCCCCCCCOc1ccc(-c2ccc(C#N)cc2)cc1. The summed E-state index contributed by atoms with van der Waals surface area (Å²) in [4.78, 5) is 0. The van der Waals surface area contributed by atoms with Crippen LogP contribution < -0.4 is 4.74 Å². The zero-order chi connectivity index (χ0) is 20.6. The summed E-state index contributed by atoms with van der Waals surface area (Å²) in [5.74, 6) is 0.919. The van der Waals surface area contributed by atoms with E-state index >= 15 is 0 Å². The smallest absolute Gasteiger partial charge is 0.119 e. The van der Waals surface area contributed by atoms with Gasteiger partial charge in [-0.3, -0.25) is 0 Å². The van der Waals surface area contributed by atoms with E-state index in [-0.39, 0.29) is 0 Å². The number of unbranched alkanes of at least 4 members (excludes halogenated alkanes) is 8. The Labute approximate surface area is 176 Å². The summed E-state index contributed by atoms with van der Waals surface area (Å²) in [6, 6.07) is 18.0. The molecular formula is C26H33NO2. The van der Waals surface area contributed by atoms with Crippen molar-refractivity contribution in [3.63, 3.8) is 0 Å². The van der Waals surface area contributed by atoms with Crippen LogP contribution in [0.5, 0.6) is 5.75 Å². The van der Waals surface area contributed by atoms with Crippen molar-refractivity contribution in [2.24, 2.45) is 0 Å². The Balaban J connectivity index is 1.50. The third kappa shape index (κ3) is 9.34. The average molecular weight is 392 g/mol. The van der Waals surface area contributed by atoms with Crippen LogP contribution >= 0.6 is 0 Å². The lowest BCUT2D eigenvalue weighted by atomic mass is 10.0. The molecule has 3 nitrogen and oxygen atoms in total. The second kappa shape index (κ2) is 14.3. The Hall–Kier alpha value is -2.73. The van der Waals surface area contributed by atoms with Crippen molar-refractivity contribution in [2.75, 3.05) is 13.2 Å². The highest BCUT2D eigenvalue weighted by Gasteiger charge is 2.00. The van der Waals surface area contributed by atoms with E-state index in [1.807, 2.05) is 36.4 Å². The molecule has 2 aromatic rings. The van der Waals surface area contributed by atoms with Crippen LogP contribution in [-0.4, -0.2) is 13.2 Å². The summed E-state index contributed by atoms with van der Waals surface area (Å²) in [6.07, 6.45) is 12.8. The lowest BCUT2D eigenvalue weighted by Crippen LogP contribution is -1.97. The number of hydrogen-bond donors (Lipinski definition) is 0. The predicted molar refractivity (Wildman–Crippen MR) is 120 cm³/mol. The zero-order valence-electron chi connectivity index (χ0n) is 17.4. The van der Waals surface area contributed by atoms with Crippen LogP contribution in [0.3, 0.4) is 0 Å². The monoisotopic (exact) mass is 391 g/mol. The molecule has 0 radical (unpaired) electrons. The van der Waals surface area contributed by atoms with Gasteiger partial charge in [-0.05, 0) is 48.2 Å². The van der Waals surface area contributed by atoms with Gasteiger partial charge in [-0.15, -0.1) is 0 Å². The van der Waals surface area contributed by atoms with Crippen molar-refractivity contribution in [3.05, 3.63) is 66.9 Å². The molecule has 0 aliphatic rings. The number of nitrogens with zero attached hydrogens (tertiary/aromatic N) is 1. The molecule has 0 bridgehead atoms. The first-order valence-electron chi connectivity index (χ1n) is 10.8. The van der Waals surface area contributed by atoms with Crippen LogP contribution in [0.1, 0.15) is 63.4 Å². The van der Waals surface area contributed by atoms with Gasteiger partial charge in [-0.25, -0.2) is 0 Å². The maximum absolute atomic E-state index is 8.88. The highest BCUT2D eigenvalue weighted by molar-refractivity contribution is 5.64. The normalized spacial score (nSPS) is 10.3. The minimum atomic E-state index is 0.683. The third-order valence-corrected chi connectivity index (χ3v) is 4.99. The average Bonchev–Trinajstić information content (AvgIpc) is 2.77. The number of nitriles is 1. The fourth-order valence-electron chi connectivity index (χ4n) is 3.28. The molecule has 0 unspecified atom stereocenters. The number of hydrogen-bond acceptors (Lipinski definition) is 3. The summed E-state index contributed by atoms with van der Waals surface area (Å²) >= 11 is 0. The fraction of sp³-hybridized carbons (Fsp3) is 0.423. The zero-order valence-corrected chi connectivity index (χ0v) is 17.4. The first-order valence-corrected chi connectivity index (χ1v) is 10.8. The standard InChI is InChI=1S/C26H33NO2/c1-2-28-20-10-8-6-4-3-5-7-9-11-21-29-26-18-16-25(17-19-26)24-14-12-23(22-27)13-15-24/h2,12-19H,1,3-11,20-21H2. The minimum Gasteiger partial charge on any atom is -0.502 e. The number of benzene rings is 2. The Morgan fingerprint density at radius 1 is 0.690 bits per heavy atom. The van der Waals surface area contributed by atoms with E-state index in [1.165, 1.54) is 51.2 Å². The molecule has 2 rings (SSSR count). The van der Waals surface area contributed by atoms with Crippen molar-refractivity contribution in [2.45, 2.75) is 57.8 Å². The fourth-order valence-corrected chi connectivity index (χ4v) is 3.28. The topological polar surface area (TPSA) is 42.2 Å². The Bertz CT molecular complexity index is 729. The van der Waals surface area contributed by atoms with Gasteiger partial charge >= 0.3 is 0 Å². The van der Waals surface area contributed by atoms with Gasteiger partial charge < -0.3 is 9.47 Å². The first-order chi connectivity index (χ1) is 14.3.